The second-order valence-electron chi connectivity index (χ2n) is 4.83. The highest BCUT2D eigenvalue weighted by atomic mass is 16.5. The van der Waals surface area contributed by atoms with E-state index < -0.39 is 30.1 Å². The van der Waals surface area contributed by atoms with Crippen LogP contribution < -0.4 is 16.2 Å². The molecule has 22 heavy (non-hydrogen) atoms. The van der Waals surface area contributed by atoms with Crippen LogP contribution in [0.4, 0.5) is 0 Å². The molecule has 0 aliphatic carbocycles. The van der Waals surface area contributed by atoms with Crippen LogP contribution in [0, 0.1) is 0 Å². The van der Waals surface area contributed by atoms with Gasteiger partial charge >= 0.3 is 11.9 Å². The molecule has 0 amide bonds. The van der Waals surface area contributed by atoms with Crippen molar-refractivity contribution in [1.29, 1.82) is 0 Å². The third kappa shape index (κ3) is 4.62. The lowest BCUT2D eigenvalue weighted by Gasteiger charge is -2.15. The van der Waals surface area contributed by atoms with E-state index in [9.17, 15) is 19.5 Å². The minimum absolute atomic E-state index is 0.0243. The van der Waals surface area contributed by atoms with Crippen LogP contribution in [-0.4, -0.2) is 46.6 Å². The molecule has 8 nitrogen and oxygen atoms in total. The molecule has 1 aromatic rings. The summed E-state index contributed by atoms with van der Waals surface area (Å²) >= 11 is 0. The van der Waals surface area contributed by atoms with Gasteiger partial charge in [0.05, 0.1) is 11.7 Å². The number of esters is 1. The lowest BCUT2D eigenvalue weighted by molar-refractivity contribution is -0.139. The highest BCUT2D eigenvalue weighted by Crippen LogP contribution is 2.20. The number of nitrogens with two attached hydrogens (primary N) is 2. The Hall–Kier alpha value is -2.29. The number of carboxylic acids is 1. The van der Waals surface area contributed by atoms with Gasteiger partial charge in [0.1, 0.15) is 17.8 Å². The van der Waals surface area contributed by atoms with Gasteiger partial charge in [0.25, 0.3) is 0 Å². The first-order chi connectivity index (χ1) is 10.3. The Kier molecular flexibility index (Phi) is 6.17. The fraction of sp³-hybridized carbons (Fsp3) is 0.357. The molecule has 0 saturated carbocycles. The van der Waals surface area contributed by atoms with Gasteiger partial charge in [-0.05, 0) is 31.0 Å². The molecule has 6 N–H and O–H groups in total. The minimum Gasteiger partial charge on any atom is -0.480 e. The van der Waals surface area contributed by atoms with Crippen LogP contribution in [0.2, 0.25) is 0 Å². The Morgan fingerprint density at radius 3 is 2.50 bits per heavy atom. The summed E-state index contributed by atoms with van der Waals surface area (Å²) in [6.45, 7) is 1.34. The number of rotatable bonds is 7. The van der Waals surface area contributed by atoms with E-state index in [1.165, 1.54) is 25.1 Å². The summed E-state index contributed by atoms with van der Waals surface area (Å²) in [5, 5.41) is 18.0. The molecule has 0 fully saturated rings. The summed E-state index contributed by atoms with van der Waals surface area (Å²) in [5.41, 5.74) is 11.4. The molecule has 0 aromatic heterocycles. The van der Waals surface area contributed by atoms with Crippen LogP contribution in [0.5, 0.6) is 5.75 Å². The molecule has 120 valence electrons. The van der Waals surface area contributed by atoms with Crippen LogP contribution >= 0.6 is 0 Å². The molecule has 0 spiro atoms. The highest BCUT2D eigenvalue weighted by molar-refractivity contribution is 5.84. The summed E-state index contributed by atoms with van der Waals surface area (Å²) in [4.78, 5) is 33.4. The van der Waals surface area contributed by atoms with E-state index in [2.05, 4.69) is 0 Å². The van der Waals surface area contributed by atoms with Crippen LogP contribution in [0.15, 0.2) is 18.2 Å². The zero-order chi connectivity index (χ0) is 16.9. The smallest absolute Gasteiger partial charge is 0.331 e. The van der Waals surface area contributed by atoms with Crippen molar-refractivity contribution in [2.75, 3.05) is 0 Å². The number of benzene rings is 1. The third-order valence-electron chi connectivity index (χ3n) is 2.98. The molecular weight excluding hydrogens is 292 g/mol. The van der Waals surface area contributed by atoms with Crippen molar-refractivity contribution in [3.63, 3.8) is 0 Å². The van der Waals surface area contributed by atoms with Crippen LogP contribution in [-0.2, 0) is 16.0 Å². The monoisotopic (exact) mass is 310 g/mol. The van der Waals surface area contributed by atoms with E-state index in [0.717, 1.165) is 0 Å². The minimum atomic E-state index is -1.24. The summed E-state index contributed by atoms with van der Waals surface area (Å²) in [7, 11) is 0. The number of carboxylic acid groups (broad SMARTS) is 1. The molecule has 0 heterocycles. The largest absolute Gasteiger partial charge is 0.480 e. The van der Waals surface area contributed by atoms with E-state index in [4.69, 9.17) is 21.3 Å². The third-order valence-corrected chi connectivity index (χ3v) is 2.98. The van der Waals surface area contributed by atoms with Gasteiger partial charge in [0.15, 0.2) is 6.29 Å². The summed E-state index contributed by atoms with van der Waals surface area (Å²) < 4.78 is 4.96. The maximum absolute atomic E-state index is 11.7. The van der Waals surface area contributed by atoms with Crippen molar-refractivity contribution >= 4 is 18.2 Å². The molecule has 1 rings (SSSR count). The van der Waals surface area contributed by atoms with Gasteiger partial charge in [-0.3, -0.25) is 9.59 Å². The lowest BCUT2D eigenvalue weighted by Crippen LogP contribution is -2.42. The van der Waals surface area contributed by atoms with Crippen molar-refractivity contribution in [3.8, 4) is 5.75 Å². The van der Waals surface area contributed by atoms with Crippen LogP contribution in [0.3, 0.4) is 0 Å². The first-order valence-electron chi connectivity index (χ1n) is 6.48. The number of carbonyl (C=O) groups is 3. The SMILES string of the molecule is C[C@@H](O)[C@H](N)C(=O)Oc1ccc(C[C@H](N)C(=O)O)cc1C=O. The average molecular weight is 310 g/mol. The molecule has 0 saturated heterocycles. The van der Waals surface area contributed by atoms with Gasteiger partial charge < -0.3 is 26.4 Å². The fourth-order valence-corrected chi connectivity index (χ4v) is 1.62. The molecule has 0 radical (unpaired) electrons. The van der Waals surface area contributed by atoms with Crippen molar-refractivity contribution in [1.82, 2.24) is 0 Å². The predicted molar refractivity (Wildman–Crippen MR) is 76.4 cm³/mol. The molecule has 1 aromatic carbocycles. The highest BCUT2D eigenvalue weighted by Gasteiger charge is 2.22. The lowest BCUT2D eigenvalue weighted by atomic mass is 10.0. The number of hydrogen-bond donors (Lipinski definition) is 4. The quantitative estimate of drug-likeness (QED) is 0.286. The van der Waals surface area contributed by atoms with Gasteiger partial charge in [0.2, 0.25) is 0 Å². The number of ether oxygens (including phenoxy) is 1. The zero-order valence-electron chi connectivity index (χ0n) is 11.9. The molecular formula is C14H18N2O6. The number of aldehydes is 1. The van der Waals surface area contributed by atoms with Crippen molar-refractivity contribution < 1.29 is 29.3 Å². The summed E-state index contributed by atoms with van der Waals surface area (Å²) in [5.74, 6) is -2.07. The predicted octanol–water partition coefficient (Wildman–Crippen LogP) is -0.933. The number of carbonyl (C=O) groups excluding carboxylic acids is 2. The van der Waals surface area contributed by atoms with E-state index in [1.807, 2.05) is 0 Å². The Labute approximate surface area is 126 Å². The maximum atomic E-state index is 11.7. The summed E-state index contributed by atoms with van der Waals surface area (Å²) in [6, 6.07) is 1.88. The number of aliphatic hydroxyl groups excluding tert-OH is 1. The van der Waals surface area contributed by atoms with E-state index in [1.54, 1.807) is 0 Å². The topological polar surface area (TPSA) is 153 Å². The molecule has 0 unspecified atom stereocenters. The Morgan fingerprint density at radius 2 is 2.00 bits per heavy atom. The number of hydrogen-bond acceptors (Lipinski definition) is 7. The normalized spacial score (nSPS) is 14.7. The molecule has 0 aliphatic rings. The maximum Gasteiger partial charge on any atom is 0.331 e. The van der Waals surface area contributed by atoms with E-state index in [0.29, 0.717) is 11.8 Å². The first-order valence-corrected chi connectivity index (χ1v) is 6.48. The van der Waals surface area contributed by atoms with Crippen LogP contribution in [0.1, 0.15) is 22.8 Å². The molecule has 3 atom stereocenters. The van der Waals surface area contributed by atoms with Gasteiger partial charge in [-0.2, -0.15) is 0 Å². The average Bonchev–Trinajstić information content (AvgIpc) is 2.47. The van der Waals surface area contributed by atoms with Gasteiger partial charge in [-0.1, -0.05) is 6.07 Å². The zero-order valence-corrected chi connectivity index (χ0v) is 11.9. The second-order valence-corrected chi connectivity index (χ2v) is 4.83. The van der Waals surface area contributed by atoms with Crippen molar-refractivity contribution in [2.45, 2.75) is 31.5 Å². The van der Waals surface area contributed by atoms with Gasteiger partial charge in [-0.25, -0.2) is 4.79 Å². The van der Waals surface area contributed by atoms with Gasteiger partial charge in [-0.15, -0.1) is 0 Å². The van der Waals surface area contributed by atoms with Crippen molar-refractivity contribution in [2.24, 2.45) is 11.5 Å². The number of aliphatic carboxylic acids is 1. The molecule has 8 heteroatoms. The molecule has 0 bridgehead atoms. The Balaban J connectivity index is 2.92. The summed E-state index contributed by atoms with van der Waals surface area (Å²) in [6.07, 6.45) is -0.607. The first kappa shape index (κ1) is 17.8. The van der Waals surface area contributed by atoms with Crippen molar-refractivity contribution in [3.05, 3.63) is 29.3 Å². The number of aliphatic hydroxyl groups is 1. The Morgan fingerprint density at radius 1 is 1.36 bits per heavy atom. The second kappa shape index (κ2) is 7.64. The van der Waals surface area contributed by atoms with Gasteiger partial charge in [0, 0.05) is 0 Å². The fourth-order valence-electron chi connectivity index (χ4n) is 1.62. The van der Waals surface area contributed by atoms with Crippen LogP contribution in [0.25, 0.3) is 0 Å². The van der Waals surface area contributed by atoms with E-state index in [-0.39, 0.29) is 17.7 Å². The van der Waals surface area contributed by atoms with E-state index >= 15 is 0 Å². The molecule has 0 aliphatic heterocycles. The Bertz CT molecular complexity index is 572. The standard InChI is InChI=1S/C14H18N2O6/c1-7(18)12(16)14(21)22-11-3-2-8(4-9(11)6-17)5-10(15)13(19)20/h2-4,6-7,10,12,18H,5,15-16H2,1H3,(H,19,20)/t7-,10+,12+/m1/s1.